The first-order chi connectivity index (χ1) is 10.7. The van der Waals surface area contributed by atoms with Gasteiger partial charge in [0.05, 0.1) is 6.20 Å². The topological polar surface area (TPSA) is 46.3 Å². The second-order valence-corrected chi connectivity index (χ2v) is 6.90. The number of hydrogen-bond donors (Lipinski definition) is 0. The SMILES string of the molecule is Cc1ccccc1[C@@H]1CCN(C(=O)c2cnoc2C)CCS1. The highest BCUT2D eigenvalue weighted by molar-refractivity contribution is 7.99. The zero-order chi connectivity index (χ0) is 15.5. The maximum Gasteiger partial charge on any atom is 0.259 e. The molecule has 0 bridgehead atoms. The van der Waals surface area contributed by atoms with Gasteiger partial charge in [0.25, 0.3) is 5.91 Å². The maximum absolute atomic E-state index is 12.6. The van der Waals surface area contributed by atoms with E-state index in [2.05, 4.69) is 36.3 Å². The Bertz CT molecular complexity index is 668. The summed E-state index contributed by atoms with van der Waals surface area (Å²) in [4.78, 5) is 14.5. The number of rotatable bonds is 2. The number of nitrogens with zero attached hydrogens (tertiary/aromatic N) is 2. The van der Waals surface area contributed by atoms with Crippen molar-refractivity contribution in [1.82, 2.24) is 10.1 Å². The van der Waals surface area contributed by atoms with Gasteiger partial charge in [-0.15, -0.1) is 0 Å². The molecule has 3 rings (SSSR count). The summed E-state index contributed by atoms with van der Waals surface area (Å²) in [6, 6.07) is 8.53. The van der Waals surface area contributed by atoms with Crippen LogP contribution in [0.2, 0.25) is 0 Å². The predicted octanol–water partition coefficient (Wildman–Crippen LogP) is 3.61. The third-order valence-corrected chi connectivity index (χ3v) is 5.46. The van der Waals surface area contributed by atoms with E-state index in [1.165, 1.54) is 17.3 Å². The molecule has 1 aliphatic rings. The molecule has 5 heteroatoms. The molecule has 1 fully saturated rings. The number of amides is 1. The lowest BCUT2D eigenvalue weighted by Gasteiger charge is -2.20. The zero-order valence-corrected chi connectivity index (χ0v) is 13.7. The molecular formula is C17H20N2O2S. The van der Waals surface area contributed by atoms with Crippen LogP contribution < -0.4 is 0 Å². The molecule has 0 radical (unpaired) electrons. The molecule has 0 spiro atoms. The first kappa shape index (κ1) is 15.2. The molecule has 0 saturated carbocycles. The first-order valence-electron chi connectivity index (χ1n) is 7.54. The van der Waals surface area contributed by atoms with Crippen molar-refractivity contribution in [3.8, 4) is 0 Å². The molecule has 0 unspecified atom stereocenters. The highest BCUT2D eigenvalue weighted by Gasteiger charge is 2.25. The van der Waals surface area contributed by atoms with E-state index in [1.54, 1.807) is 6.92 Å². The summed E-state index contributed by atoms with van der Waals surface area (Å²) in [7, 11) is 0. The average molecular weight is 316 g/mol. The molecule has 1 aromatic carbocycles. The van der Waals surface area contributed by atoms with Gasteiger partial charge in [-0.3, -0.25) is 4.79 Å². The van der Waals surface area contributed by atoms with Gasteiger partial charge in [0, 0.05) is 24.1 Å². The van der Waals surface area contributed by atoms with Gasteiger partial charge in [0.1, 0.15) is 11.3 Å². The van der Waals surface area contributed by atoms with Crippen LogP contribution in [0, 0.1) is 13.8 Å². The van der Waals surface area contributed by atoms with E-state index in [4.69, 9.17) is 4.52 Å². The fourth-order valence-electron chi connectivity index (χ4n) is 2.84. The van der Waals surface area contributed by atoms with Crippen LogP contribution in [0.5, 0.6) is 0 Å². The largest absolute Gasteiger partial charge is 0.361 e. The van der Waals surface area contributed by atoms with Crippen molar-refractivity contribution < 1.29 is 9.32 Å². The number of carbonyl (C=O) groups excluding carboxylic acids is 1. The third-order valence-electron chi connectivity index (χ3n) is 4.15. The summed E-state index contributed by atoms with van der Waals surface area (Å²) in [5.74, 6) is 1.58. The normalized spacial score (nSPS) is 19.0. The molecule has 1 aliphatic heterocycles. The van der Waals surface area contributed by atoms with Crippen LogP contribution in [0.25, 0.3) is 0 Å². The number of benzene rings is 1. The number of aryl methyl sites for hydroxylation is 2. The summed E-state index contributed by atoms with van der Waals surface area (Å²) >= 11 is 1.94. The van der Waals surface area contributed by atoms with Crippen molar-refractivity contribution in [3.05, 3.63) is 52.9 Å². The quantitative estimate of drug-likeness (QED) is 0.849. The van der Waals surface area contributed by atoms with Crippen molar-refractivity contribution in [2.75, 3.05) is 18.8 Å². The van der Waals surface area contributed by atoms with Gasteiger partial charge in [-0.25, -0.2) is 0 Å². The highest BCUT2D eigenvalue weighted by atomic mass is 32.2. The third kappa shape index (κ3) is 3.04. The number of carbonyl (C=O) groups is 1. The van der Waals surface area contributed by atoms with E-state index in [0.717, 1.165) is 25.3 Å². The van der Waals surface area contributed by atoms with Gasteiger partial charge in [0.15, 0.2) is 0 Å². The lowest BCUT2D eigenvalue weighted by Crippen LogP contribution is -2.33. The lowest BCUT2D eigenvalue weighted by atomic mass is 10.0. The Morgan fingerprint density at radius 3 is 2.86 bits per heavy atom. The fraction of sp³-hybridized carbons (Fsp3) is 0.412. The van der Waals surface area contributed by atoms with Crippen LogP contribution in [-0.2, 0) is 0 Å². The molecule has 1 aromatic heterocycles. The van der Waals surface area contributed by atoms with Gasteiger partial charge in [0.2, 0.25) is 0 Å². The summed E-state index contributed by atoms with van der Waals surface area (Å²) in [5, 5.41) is 4.17. The monoisotopic (exact) mass is 316 g/mol. The first-order valence-corrected chi connectivity index (χ1v) is 8.59. The Balaban J connectivity index is 1.72. The Labute approximate surface area is 134 Å². The maximum atomic E-state index is 12.6. The molecule has 1 amide bonds. The summed E-state index contributed by atoms with van der Waals surface area (Å²) in [6.45, 7) is 5.49. The molecule has 22 heavy (non-hydrogen) atoms. The van der Waals surface area contributed by atoms with Crippen molar-refractivity contribution in [2.24, 2.45) is 0 Å². The molecule has 2 heterocycles. The Kier molecular flexibility index (Phi) is 4.52. The van der Waals surface area contributed by atoms with E-state index in [0.29, 0.717) is 16.6 Å². The molecule has 0 N–H and O–H groups in total. The summed E-state index contributed by atoms with van der Waals surface area (Å²) in [6.07, 6.45) is 2.50. The standard InChI is InChI=1S/C17H20N2O2S/c1-12-5-3-4-6-14(12)16-7-8-19(9-10-22-16)17(20)15-11-18-21-13(15)2/h3-6,11,16H,7-10H2,1-2H3/t16-/m0/s1. The van der Waals surface area contributed by atoms with Crippen LogP contribution >= 0.6 is 11.8 Å². The van der Waals surface area contributed by atoms with E-state index in [9.17, 15) is 4.79 Å². The summed E-state index contributed by atoms with van der Waals surface area (Å²) in [5.41, 5.74) is 3.30. The second-order valence-electron chi connectivity index (χ2n) is 5.59. The molecule has 1 saturated heterocycles. The molecule has 2 aromatic rings. The molecule has 4 nitrogen and oxygen atoms in total. The Hall–Kier alpha value is -1.75. The zero-order valence-electron chi connectivity index (χ0n) is 12.9. The molecule has 0 aliphatic carbocycles. The second kappa shape index (κ2) is 6.57. The lowest BCUT2D eigenvalue weighted by molar-refractivity contribution is 0.0765. The molecular weight excluding hydrogens is 296 g/mol. The number of hydrogen-bond acceptors (Lipinski definition) is 4. The van der Waals surface area contributed by atoms with Crippen LogP contribution in [0.1, 0.15) is 38.9 Å². The Morgan fingerprint density at radius 2 is 2.14 bits per heavy atom. The van der Waals surface area contributed by atoms with E-state index in [-0.39, 0.29) is 5.91 Å². The minimum Gasteiger partial charge on any atom is -0.361 e. The fourth-order valence-corrected chi connectivity index (χ4v) is 4.17. The van der Waals surface area contributed by atoms with Crippen molar-refractivity contribution in [2.45, 2.75) is 25.5 Å². The van der Waals surface area contributed by atoms with Crippen molar-refractivity contribution in [1.29, 1.82) is 0 Å². The van der Waals surface area contributed by atoms with E-state index < -0.39 is 0 Å². The van der Waals surface area contributed by atoms with E-state index >= 15 is 0 Å². The van der Waals surface area contributed by atoms with Crippen molar-refractivity contribution in [3.63, 3.8) is 0 Å². The Morgan fingerprint density at radius 1 is 1.32 bits per heavy atom. The number of thioether (sulfide) groups is 1. The van der Waals surface area contributed by atoms with Gasteiger partial charge >= 0.3 is 0 Å². The van der Waals surface area contributed by atoms with Crippen LogP contribution in [0.15, 0.2) is 35.0 Å². The van der Waals surface area contributed by atoms with E-state index in [1.807, 2.05) is 16.7 Å². The van der Waals surface area contributed by atoms with Crippen LogP contribution in [0.4, 0.5) is 0 Å². The van der Waals surface area contributed by atoms with Gasteiger partial charge in [-0.1, -0.05) is 29.4 Å². The minimum absolute atomic E-state index is 0.0322. The number of aromatic nitrogens is 1. The molecule has 116 valence electrons. The van der Waals surface area contributed by atoms with Gasteiger partial charge < -0.3 is 9.42 Å². The highest BCUT2D eigenvalue weighted by Crippen LogP contribution is 2.36. The van der Waals surface area contributed by atoms with Crippen LogP contribution in [-0.4, -0.2) is 34.8 Å². The minimum atomic E-state index is 0.0322. The van der Waals surface area contributed by atoms with Gasteiger partial charge in [-0.2, -0.15) is 11.8 Å². The average Bonchev–Trinajstić information content (AvgIpc) is 2.80. The molecule has 1 atom stereocenters. The van der Waals surface area contributed by atoms with Gasteiger partial charge in [-0.05, 0) is 31.4 Å². The summed E-state index contributed by atoms with van der Waals surface area (Å²) < 4.78 is 5.01. The van der Waals surface area contributed by atoms with Crippen molar-refractivity contribution >= 4 is 17.7 Å². The van der Waals surface area contributed by atoms with Crippen LogP contribution in [0.3, 0.4) is 0 Å². The smallest absolute Gasteiger partial charge is 0.259 e. The predicted molar refractivity (Wildman–Crippen MR) is 88.1 cm³/mol.